The highest BCUT2D eigenvalue weighted by molar-refractivity contribution is 5.93. The third-order valence-electron chi connectivity index (χ3n) is 8.59. The van der Waals surface area contributed by atoms with Gasteiger partial charge in [-0.05, 0) is 57.5 Å². The lowest BCUT2D eigenvalue weighted by atomic mass is 10.0. The zero-order chi connectivity index (χ0) is 26.4. The van der Waals surface area contributed by atoms with Crippen molar-refractivity contribution in [3.05, 3.63) is 58.3 Å². The van der Waals surface area contributed by atoms with E-state index in [1.54, 1.807) is 0 Å². The van der Waals surface area contributed by atoms with E-state index in [2.05, 4.69) is 62.6 Å². The van der Waals surface area contributed by atoms with Crippen molar-refractivity contribution in [2.45, 2.75) is 45.3 Å². The van der Waals surface area contributed by atoms with Crippen LogP contribution < -0.4 is 15.5 Å². The molecule has 3 aliphatic heterocycles. The van der Waals surface area contributed by atoms with Crippen LogP contribution in [-0.4, -0.2) is 87.8 Å². The Bertz CT molecular complexity index is 1430. The highest BCUT2D eigenvalue weighted by atomic mass is 16.2. The zero-order valence-electron chi connectivity index (χ0n) is 22.3. The highest BCUT2D eigenvalue weighted by Crippen LogP contribution is 2.35. The molecule has 0 radical (unpaired) electrons. The first-order valence-corrected chi connectivity index (χ1v) is 13.6. The van der Waals surface area contributed by atoms with E-state index in [-0.39, 0.29) is 11.6 Å². The summed E-state index contributed by atoms with van der Waals surface area (Å²) in [6, 6.07) is 4.55. The summed E-state index contributed by atoms with van der Waals surface area (Å²) >= 11 is 0. The van der Waals surface area contributed by atoms with Crippen LogP contribution in [0.2, 0.25) is 0 Å². The van der Waals surface area contributed by atoms with E-state index in [9.17, 15) is 9.59 Å². The van der Waals surface area contributed by atoms with Crippen molar-refractivity contribution in [1.82, 2.24) is 29.5 Å². The van der Waals surface area contributed by atoms with Gasteiger partial charge in [-0.3, -0.25) is 14.5 Å². The lowest BCUT2D eigenvalue weighted by Crippen LogP contribution is -2.50. The van der Waals surface area contributed by atoms with Crippen LogP contribution in [0, 0.1) is 6.92 Å². The van der Waals surface area contributed by atoms with Crippen LogP contribution in [0.3, 0.4) is 0 Å². The molecule has 5 heterocycles. The standard InChI is InChI=1S/C28H36N8O2/c1-4-25(37)33-12-14-34(15-13-33)27-21-9-11-35(26-19(2)7-8-23-22(26)16-29-31-23)18-24(21)36(28(38)30-27)17-20-6-5-10-32(20)3/h4,7-8,16,20H,1,5-6,9-15,17-18H2,2-3H3,(H,29,31). The van der Waals surface area contributed by atoms with E-state index < -0.39 is 0 Å². The Morgan fingerprint density at radius 3 is 2.71 bits per heavy atom. The number of carbonyl (C=O) groups is 1. The number of hydrogen-bond donors (Lipinski definition) is 1. The first-order valence-electron chi connectivity index (χ1n) is 13.6. The number of carbonyl (C=O) groups excluding carboxylic acids is 1. The third-order valence-corrected chi connectivity index (χ3v) is 8.59. The summed E-state index contributed by atoms with van der Waals surface area (Å²) in [5.74, 6) is 0.750. The minimum Gasteiger partial charge on any atom is -0.365 e. The van der Waals surface area contributed by atoms with Crippen LogP contribution in [0.1, 0.15) is 29.7 Å². The molecule has 10 heteroatoms. The fourth-order valence-corrected chi connectivity index (χ4v) is 6.43. The molecule has 1 aromatic carbocycles. The van der Waals surface area contributed by atoms with Crippen molar-refractivity contribution >= 4 is 28.3 Å². The molecule has 0 spiro atoms. The monoisotopic (exact) mass is 516 g/mol. The lowest BCUT2D eigenvalue weighted by molar-refractivity contribution is -0.126. The molecule has 0 bridgehead atoms. The largest absolute Gasteiger partial charge is 0.365 e. The van der Waals surface area contributed by atoms with Crippen LogP contribution in [0.5, 0.6) is 0 Å². The van der Waals surface area contributed by atoms with Gasteiger partial charge in [-0.2, -0.15) is 10.1 Å². The van der Waals surface area contributed by atoms with Gasteiger partial charge < -0.3 is 19.6 Å². The predicted octanol–water partition coefficient (Wildman–Crippen LogP) is 1.92. The summed E-state index contributed by atoms with van der Waals surface area (Å²) in [6.07, 6.45) is 6.32. The first kappa shape index (κ1) is 24.7. The molecular formula is C28H36N8O2. The van der Waals surface area contributed by atoms with Gasteiger partial charge in [0.15, 0.2) is 0 Å². The molecule has 1 atom stereocenters. The van der Waals surface area contributed by atoms with Gasteiger partial charge in [0.1, 0.15) is 5.82 Å². The second-order valence-corrected chi connectivity index (χ2v) is 10.8. The van der Waals surface area contributed by atoms with E-state index in [1.165, 1.54) is 22.9 Å². The predicted molar refractivity (Wildman–Crippen MR) is 149 cm³/mol. The summed E-state index contributed by atoms with van der Waals surface area (Å²) in [5.41, 5.74) is 5.45. The van der Waals surface area contributed by atoms with Crippen LogP contribution in [-0.2, 0) is 24.3 Å². The number of aromatic amines is 1. The fourth-order valence-electron chi connectivity index (χ4n) is 6.43. The normalized spacial score (nSPS) is 20.3. The molecule has 200 valence electrons. The smallest absolute Gasteiger partial charge is 0.349 e. The zero-order valence-corrected chi connectivity index (χ0v) is 22.3. The summed E-state index contributed by atoms with van der Waals surface area (Å²) in [6.45, 7) is 11.5. The summed E-state index contributed by atoms with van der Waals surface area (Å²) in [7, 11) is 2.15. The quantitative estimate of drug-likeness (QED) is 0.518. The molecule has 38 heavy (non-hydrogen) atoms. The van der Waals surface area contributed by atoms with Crippen molar-refractivity contribution in [2.24, 2.45) is 0 Å². The Morgan fingerprint density at radius 2 is 1.97 bits per heavy atom. The molecule has 3 aromatic rings. The van der Waals surface area contributed by atoms with Crippen molar-refractivity contribution in [3.8, 4) is 0 Å². The van der Waals surface area contributed by atoms with Crippen LogP contribution in [0.4, 0.5) is 11.5 Å². The van der Waals surface area contributed by atoms with Gasteiger partial charge in [0.25, 0.3) is 0 Å². The second kappa shape index (κ2) is 9.90. The maximum Gasteiger partial charge on any atom is 0.349 e. The number of benzene rings is 1. The number of hydrogen-bond acceptors (Lipinski definition) is 7. The van der Waals surface area contributed by atoms with Gasteiger partial charge in [0.05, 0.1) is 23.9 Å². The van der Waals surface area contributed by atoms with Gasteiger partial charge in [-0.1, -0.05) is 12.6 Å². The molecule has 3 aliphatic rings. The van der Waals surface area contributed by atoms with Gasteiger partial charge in [-0.15, -0.1) is 0 Å². The molecule has 10 nitrogen and oxygen atoms in total. The number of H-pyrrole nitrogens is 1. The maximum absolute atomic E-state index is 13.6. The van der Waals surface area contributed by atoms with Crippen LogP contribution in [0.25, 0.3) is 10.9 Å². The molecule has 0 saturated carbocycles. The number of nitrogens with one attached hydrogen (secondary N) is 1. The second-order valence-electron chi connectivity index (χ2n) is 10.8. The van der Waals surface area contributed by atoms with E-state index >= 15 is 0 Å². The molecule has 2 aromatic heterocycles. The molecule has 1 unspecified atom stereocenters. The number of amides is 1. The Hall–Kier alpha value is -3.66. The molecule has 2 saturated heterocycles. The first-order chi connectivity index (χ1) is 18.4. The van der Waals surface area contributed by atoms with Gasteiger partial charge in [-0.25, -0.2) is 4.79 Å². The Morgan fingerprint density at radius 1 is 1.16 bits per heavy atom. The van der Waals surface area contributed by atoms with Gasteiger partial charge in [0, 0.05) is 62.0 Å². The Kier molecular flexibility index (Phi) is 6.43. The van der Waals surface area contributed by atoms with E-state index in [4.69, 9.17) is 0 Å². The molecule has 1 N–H and O–H groups in total. The van der Waals surface area contributed by atoms with Gasteiger partial charge in [0.2, 0.25) is 5.91 Å². The van der Waals surface area contributed by atoms with Crippen molar-refractivity contribution < 1.29 is 4.79 Å². The topological polar surface area (TPSA) is 93.6 Å². The van der Waals surface area contributed by atoms with E-state index in [1.807, 2.05) is 15.7 Å². The molecule has 2 fully saturated rings. The maximum atomic E-state index is 13.6. The minimum absolute atomic E-state index is 0.0461. The van der Waals surface area contributed by atoms with E-state index in [0.29, 0.717) is 45.3 Å². The number of fused-ring (bicyclic) bond motifs is 2. The van der Waals surface area contributed by atoms with Crippen LogP contribution >= 0.6 is 0 Å². The Labute approximate surface area is 222 Å². The third kappa shape index (κ3) is 4.26. The highest BCUT2D eigenvalue weighted by Gasteiger charge is 2.31. The van der Waals surface area contributed by atoms with Crippen molar-refractivity contribution in [2.75, 3.05) is 56.1 Å². The average molecular weight is 517 g/mol. The average Bonchev–Trinajstić information content (AvgIpc) is 3.58. The van der Waals surface area contributed by atoms with Crippen LogP contribution in [0.15, 0.2) is 35.8 Å². The number of nitrogens with zero attached hydrogens (tertiary/aromatic N) is 7. The minimum atomic E-state index is -0.177. The Balaban J connectivity index is 1.39. The summed E-state index contributed by atoms with van der Waals surface area (Å²) in [4.78, 5) is 39.2. The number of anilines is 2. The van der Waals surface area contributed by atoms with Crippen molar-refractivity contribution in [1.29, 1.82) is 0 Å². The van der Waals surface area contributed by atoms with Gasteiger partial charge >= 0.3 is 5.69 Å². The number of aromatic nitrogens is 4. The molecule has 0 aliphatic carbocycles. The number of aryl methyl sites for hydroxylation is 1. The number of likely N-dealkylation sites (tertiary alicyclic amines) is 1. The number of rotatable bonds is 5. The fraction of sp³-hybridized carbons (Fsp3) is 0.500. The molecule has 1 amide bonds. The molecule has 6 rings (SSSR count). The SMILES string of the molecule is C=CC(=O)N1CCN(c2nc(=O)n(CC3CCCN3C)c3c2CCN(c2c(C)ccc4[nH]ncc24)C3)CC1. The van der Waals surface area contributed by atoms with E-state index in [0.717, 1.165) is 54.8 Å². The summed E-state index contributed by atoms with van der Waals surface area (Å²) in [5, 5.41) is 8.49. The number of likely N-dealkylation sites (N-methyl/N-ethyl adjacent to an activating group) is 1. The molecular weight excluding hydrogens is 480 g/mol. The lowest BCUT2D eigenvalue weighted by Gasteiger charge is -2.39. The number of piperazine rings is 1. The summed E-state index contributed by atoms with van der Waals surface area (Å²) < 4.78 is 1.94. The van der Waals surface area contributed by atoms with Crippen molar-refractivity contribution in [3.63, 3.8) is 0 Å².